The number of nitrogens with one attached hydrogen (secondary N) is 1. The highest BCUT2D eigenvalue weighted by Gasteiger charge is 2.01. The Kier molecular flexibility index (Phi) is 1.60. The van der Waals surface area contributed by atoms with Crippen LogP contribution in [0.5, 0.6) is 0 Å². The van der Waals surface area contributed by atoms with Gasteiger partial charge in [0.05, 0.1) is 12.9 Å². The fourth-order valence-corrected chi connectivity index (χ4v) is 1.25. The first-order valence-electron chi connectivity index (χ1n) is 3.75. The van der Waals surface area contributed by atoms with Crippen molar-refractivity contribution in [3.05, 3.63) is 35.4 Å². The van der Waals surface area contributed by atoms with Crippen LogP contribution in [0.4, 0.5) is 0 Å². The Morgan fingerprint density at radius 2 is 2.00 bits per heavy atom. The molecule has 0 radical (unpaired) electrons. The van der Waals surface area contributed by atoms with Gasteiger partial charge in [0.2, 0.25) is 0 Å². The Hall–Kier alpha value is -1.31. The molecule has 1 aromatic rings. The third-order valence-corrected chi connectivity index (χ3v) is 1.86. The molecule has 0 spiro atoms. The molecular formula is C9H10N2. The molecule has 0 fully saturated rings. The summed E-state index contributed by atoms with van der Waals surface area (Å²) >= 11 is 0. The number of hydrogen-bond acceptors (Lipinski definition) is 2. The molecule has 11 heavy (non-hydrogen) atoms. The van der Waals surface area contributed by atoms with Crippen LogP contribution in [-0.4, -0.2) is 6.34 Å². The molecule has 1 heterocycles. The lowest BCUT2D eigenvalue weighted by molar-refractivity contribution is 0.935. The summed E-state index contributed by atoms with van der Waals surface area (Å²) in [4.78, 5) is 4.18. The molecule has 0 saturated carbocycles. The van der Waals surface area contributed by atoms with Crippen LogP contribution >= 0.6 is 0 Å². The van der Waals surface area contributed by atoms with Gasteiger partial charge in [0.1, 0.15) is 0 Å². The maximum absolute atomic E-state index is 4.18. The molecule has 1 aliphatic rings. The van der Waals surface area contributed by atoms with E-state index in [0.717, 1.165) is 13.1 Å². The summed E-state index contributed by atoms with van der Waals surface area (Å²) in [6, 6.07) is 8.38. The lowest BCUT2D eigenvalue weighted by Crippen LogP contribution is -2.08. The zero-order chi connectivity index (χ0) is 7.52. The van der Waals surface area contributed by atoms with Crippen LogP contribution in [0.15, 0.2) is 29.3 Å². The van der Waals surface area contributed by atoms with Crippen molar-refractivity contribution in [2.45, 2.75) is 13.1 Å². The number of fused-ring (bicyclic) bond motifs is 1. The summed E-state index contributed by atoms with van der Waals surface area (Å²) in [6.07, 6.45) is 1.78. The minimum atomic E-state index is 0.809. The second-order valence-corrected chi connectivity index (χ2v) is 2.62. The first-order chi connectivity index (χ1) is 5.47. The van der Waals surface area contributed by atoms with Crippen LogP contribution in [0.3, 0.4) is 0 Å². The van der Waals surface area contributed by atoms with Gasteiger partial charge in [-0.3, -0.25) is 4.99 Å². The van der Waals surface area contributed by atoms with Crippen molar-refractivity contribution in [2.24, 2.45) is 4.99 Å². The predicted molar refractivity (Wildman–Crippen MR) is 45.5 cm³/mol. The van der Waals surface area contributed by atoms with E-state index in [1.165, 1.54) is 11.1 Å². The van der Waals surface area contributed by atoms with Crippen molar-refractivity contribution in [1.82, 2.24) is 5.32 Å². The molecule has 0 unspecified atom stereocenters. The van der Waals surface area contributed by atoms with Crippen molar-refractivity contribution >= 4 is 6.34 Å². The van der Waals surface area contributed by atoms with E-state index in [2.05, 4.69) is 34.6 Å². The lowest BCUT2D eigenvalue weighted by Gasteiger charge is -2.02. The number of aliphatic imine (C=N–C) groups is 1. The monoisotopic (exact) mass is 146 g/mol. The van der Waals surface area contributed by atoms with Gasteiger partial charge in [0.25, 0.3) is 0 Å². The first-order valence-corrected chi connectivity index (χ1v) is 3.75. The van der Waals surface area contributed by atoms with Gasteiger partial charge in [0.15, 0.2) is 0 Å². The summed E-state index contributed by atoms with van der Waals surface area (Å²) in [7, 11) is 0. The average molecular weight is 146 g/mol. The second kappa shape index (κ2) is 2.74. The maximum Gasteiger partial charge on any atom is 0.0830 e. The second-order valence-electron chi connectivity index (χ2n) is 2.62. The van der Waals surface area contributed by atoms with Gasteiger partial charge in [-0.15, -0.1) is 0 Å². The quantitative estimate of drug-likeness (QED) is 0.586. The smallest absolute Gasteiger partial charge is 0.0830 e. The molecule has 1 aromatic carbocycles. The molecule has 0 amide bonds. The molecular weight excluding hydrogens is 136 g/mol. The van der Waals surface area contributed by atoms with Crippen molar-refractivity contribution < 1.29 is 0 Å². The van der Waals surface area contributed by atoms with Crippen LogP contribution in [0.25, 0.3) is 0 Å². The zero-order valence-electron chi connectivity index (χ0n) is 6.25. The topological polar surface area (TPSA) is 24.4 Å². The van der Waals surface area contributed by atoms with Gasteiger partial charge in [-0.25, -0.2) is 0 Å². The van der Waals surface area contributed by atoms with E-state index in [1.54, 1.807) is 6.34 Å². The largest absolute Gasteiger partial charge is 0.372 e. The highest BCUT2D eigenvalue weighted by Crippen LogP contribution is 2.10. The number of benzene rings is 1. The Morgan fingerprint density at radius 1 is 1.18 bits per heavy atom. The van der Waals surface area contributed by atoms with E-state index in [9.17, 15) is 0 Å². The van der Waals surface area contributed by atoms with E-state index >= 15 is 0 Å². The van der Waals surface area contributed by atoms with E-state index in [1.807, 2.05) is 0 Å². The van der Waals surface area contributed by atoms with Crippen molar-refractivity contribution in [2.75, 3.05) is 0 Å². The SMILES string of the molecule is C1=NCc2ccccc2CN1. The molecule has 56 valence electrons. The average Bonchev–Trinajstić information content (AvgIpc) is 2.28. The van der Waals surface area contributed by atoms with E-state index in [-0.39, 0.29) is 0 Å². The fourth-order valence-electron chi connectivity index (χ4n) is 1.25. The Morgan fingerprint density at radius 3 is 2.91 bits per heavy atom. The van der Waals surface area contributed by atoms with Crippen molar-refractivity contribution in [3.8, 4) is 0 Å². The van der Waals surface area contributed by atoms with E-state index in [0.29, 0.717) is 0 Å². The molecule has 2 nitrogen and oxygen atoms in total. The van der Waals surface area contributed by atoms with Crippen LogP contribution in [0, 0.1) is 0 Å². The summed E-state index contributed by atoms with van der Waals surface area (Å²) in [5.41, 5.74) is 2.68. The minimum Gasteiger partial charge on any atom is -0.372 e. The third kappa shape index (κ3) is 1.24. The normalized spacial score (nSPS) is 14.9. The Labute approximate surface area is 66.0 Å². The Balaban J connectivity index is 2.40. The summed E-state index contributed by atoms with van der Waals surface area (Å²) in [6.45, 7) is 1.71. The molecule has 2 heteroatoms. The predicted octanol–water partition coefficient (Wildman–Crippen LogP) is 1.32. The van der Waals surface area contributed by atoms with Crippen molar-refractivity contribution in [1.29, 1.82) is 0 Å². The van der Waals surface area contributed by atoms with Crippen LogP contribution in [0.1, 0.15) is 11.1 Å². The van der Waals surface area contributed by atoms with Crippen LogP contribution in [0.2, 0.25) is 0 Å². The molecule has 0 atom stereocenters. The maximum atomic E-state index is 4.18. The number of nitrogens with zero attached hydrogens (tertiary/aromatic N) is 1. The van der Waals surface area contributed by atoms with E-state index in [4.69, 9.17) is 0 Å². The van der Waals surface area contributed by atoms with Crippen molar-refractivity contribution in [3.63, 3.8) is 0 Å². The van der Waals surface area contributed by atoms with Gasteiger partial charge in [-0.2, -0.15) is 0 Å². The van der Waals surface area contributed by atoms with Gasteiger partial charge in [-0.05, 0) is 11.1 Å². The summed E-state index contributed by atoms with van der Waals surface area (Å²) in [5.74, 6) is 0. The number of rotatable bonds is 0. The molecule has 0 bridgehead atoms. The minimum absolute atomic E-state index is 0.809. The highest BCUT2D eigenvalue weighted by atomic mass is 14.9. The van der Waals surface area contributed by atoms with Gasteiger partial charge in [0, 0.05) is 6.54 Å². The molecule has 0 aliphatic carbocycles. The van der Waals surface area contributed by atoms with Gasteiger partial charge >= 0.3 is 0 Å². The molecule has 2 rings (SSSR count). The zero-order valence-corrected chi connectivity index (χ0v) is 6.25. The first kappa shape index (κ1) is 6.40. The highest BCUT2D eigenvalue weighted by molar-refractivity contribution is 5.55. The van der Waals surface area contributed by atoms with E-state index < -0.39 is 0 Å². The van der Waals surface area contributed by atoms with Gasteiger partial charge in [-0.1, -0.05) is 24.3 Å². The molecule has 0 aromatic heterocycles. The molecule has 0 saturated heterocycles. The fraction of sp³-hybridized carbons (Fsp3) is 0.222. The summed E-state index contributed by atoms with van der Waals surface area (Å²) < 4.78 is 0. The Bertz CT molecular complexity index is 279. The lowest BCUT2D eigenvalue weighted by atomic mass is 10.1. The standard InChI is InChI=1S/C9H10N2/c1-2-4-9-6-11-7-10-5-8(9)3-1/h1-4,7H,5-6H2,(H,10,11). The molecule has 1 N–H and O–H groups in total. The molecule has 1 aliphatic heterocycles. The summed E-state index contributed by atoms with van der Waals surface area (Å²) in [5, 5.41) is 3.11. The van der Waals surface area contributed by atoms with Gasteiger partial charge < -0.3 is 5.32 Å². The van der Waals surface area contributed by atoms with Crippen LogP contribution in [-0.2, 0) is 13.1 Å². The number of hydrogen-bond donors (Lipinski definition) is 1. The van der Waals surface area contributed by atoms with Crippen LogP contribution < -0.4 is 5.32 Å². The third-order valence-electron chi connectivity index (χ3n) is 1.86.